The van der Waals surface area contributed by atoms with Crippen LogP contribution >= 0.6 is 0 Å². The normalized spacial score (nSPS) is 18.3. The summed E-state index contributed by atoms with van der Waals surface area (Å²) in [4.78, 5) is 0. The van der Waals surface area contributed by atoms with Crippen LogP contribution in [0.5, 0.6) is 5.75 Å². The van der Waals surface area contributed by atoms with Crippen molar-refractivity contribution in [3.8, 4) is 5.75 Å². The Kier molecular flexibility index (Phi) is 4.77. The highest BCUT2D eigenvalue weighted by Crippen LogP contribution is 2.28. The molecule has 1 heterocycles. The van der Waals surface area contributed by atoms with Crippen LogP contribution in [0.2, 0.25) is 0 Å². The molecule has 4 heteroatoms. The molecule has 0 aromatic heterocycles. The molecule has 0 bridgehead atoms. The molecule has 1 saturated heterocycles. The van der Waals surface area contributed by atoms with Crippen molar-refractivity contribution < 1.29 is 13.9 Å². The van der Waals surface area contributed by atoms with Crippen LogP contribution < -0.4 is 10.5 Å². The topological polar surface area (TPSA) is 44.5 Å². The summed E-state index contributed by atoms with van der Waals surface area (Å²) < 4.78 is 24.8. The van der Waals surface area contributed by atoms with Crippen molar-refractivity contribution in [1.29, 1.82) is 0 Å². The van der Waals surface area contributed by atoms with Crippen molar-refractivity contribution in [3.63, 3.8) is 0 Å². The summed E-state index contributed by atoms with van der Waals surface area (Å²) in [6.45, 7) is 5.83. The second-order valence-electron chi connectivity index (χ2n) is 5.29. The van der Waals surface area contributed by atoms with Crippen molar-refractivity contribution in [2.75, 3.05) is 19.8 Å². The van der Waals surface area contributed by atoms with Gasteiger partial charge in [0.1, 0.15) is 11.6 Å². The maximum Gasteiger partial charge on any atom is 0.126 e. The summed E-state index contributed by atoms with van der Waals surface area (Å²) in [6, 6.07) is 2.99. The molecule has 0 amide bonds. The number of nitrogens with two attached hydrogens (primary N) is 1. The number of ether oxygens (including phenoxy) is 2. The van der Waals surface area contributed by atoms with E-state index >= 15 is 0 Å². The molecule has 0 spiro atoms. The minimum atomic E-state index is -0.236. The van der Waals surface area contributed by atoms with E-state index in [9.17, 15) is 4.39 Å². The van der Waals surface area contributed by atoms with Gasteiger partial charge in [0.15, 0.2) is 0 Å². The fourth-order valence-electron chi connectivity index (χ4n) is 2.27. The van der Waals surface area contributed by atoms with E-state index in [2.05, 4.69) is 0 Å². The van der Waals surface area contributed by atoms with Crippen molar-refractivity contribution in [1.82, 2.24) is 0 Å². The van der Waals surface area contributed by atoms with Crippen molar-refractivity contribution in [3.05, 3.63) is 29.1 Å². The molecule has 0 unspecified atom stereocenters. The number of halogens is 1. The van der Waals surface area contributed by atoms with E-state index in [-0.39, 0.29) is 11.9 Å². The summed E-state index contributed by atoms with van der Waals surface area (Å²) in [6.07, 6.45) is 2.04. The molecule has 1 fully saturated rings. The summed E-state index contributed by atoms with van der Waals surface area (Å²) in [5, 5.41) is 0. The molecule has 0 aliphatic carbocycles. The van der Waals surface area contributed by atoms with Crippen molar-refractivity contribution in [2.24, 2.45) is 11.7 Å². The fourth-order valence-corrected chi connectivity index (χ4v) is 2.27. The molecule has 2 rings (SSSR count). The minimum Gasteiger partial charge on any atom is -0.493 e. The van der Waals surface area contributed by atoms with E-state index in [0.717, 1.165) is 31.6 Å². The van der Waals surface area contributed by atoms with E-state index < -0.39 is 0 Å². The Bertz CT molecular complexity index is 428. The molecular formula is C15H22FNO2. The Morgan fingerprint density at radius 2 is 2.11 bits per heavy atom. The SMILES string of the molecule is Cc1cc(OCC2CCOCC2)c([C@H](C)N)cc1F. The third-order valence-electron chi connectivity index (χ3n) is 3.60. The standard InChI is InChI=1S/C15H22FNO2/c1-10-7-15(13(11(2)17)8-14(10)16)19-9-12-3-5-18-6-4-12/h7-8,11-12H,3-6,9,17H2,1-2H3/t11-/m0/s1. The molecule has 2 N–H and O–H groups in total. The van der Waals surface area contributed by atoms with Gasteiger partial charge in [0.05, 0.1) is 6.61 Å². The molecule has 19 heavy (non-hydrogen) atoms. The van der Waals surface area contributed by atoms with Crippen LogP contribution in [-0.2, 0) is 4.74 Å². The van der Waals surface area contributed by atoms with Crippen LogP contribution in [0, 0.1) is 18.7 Å². The Hall–Kier alpha value is -1.13. The molecule has 1 atom stereocenters. The molecule has 3 nitrogen and oxygen atoms in total. The maximum absolute atomic E-state index is 13.6. The molecule has 106 valence electrons. The van der Waals surface area contributed by atoms with Crippen molar-refractivity contribution in [2.45, 2.75) is 32.7 Å². The minimum absolute atomic E-state index is 0.231. The summed E-state index contributed by atoms with van der Waals surface area (Å²) in [7, 11) is 0. The van der Waals surface area contributed by atoms with Crippen LogP contribution in [-0.4, -0.2) is 19.8 Å². The van der Waals surface area contributed by atoms with Gasteiger partial charge in [0.2, 0.25) is 0 Å². The first-order chi connectivity index (χ1) is 9.08. The largest absolute Gasteiger partial charge is 0.493 e. The first-order valence-corrected chi connectivity index (χ1v) is 6.84. The van der Waals surface area contributed by atoms with Gasteiger partial charge < -0.3 is 15.2 Å². The Morgan fingerprint density at radius 3 is 2.74 bits per heavy atom. The first kappa shape index (κ1) is 14.3. The molecule has 0 saturated carbocycles. The van der Waals surface area contributed by atoms with Gasteiger partial charge in [0.25, 0.3) is 0 Å². The Balaban J connectivity index is 2.07. The predicted molar refractivity (Wildman–Crippen MR) is 72.8 cm³/mol. The lowest BCUT2D eigenvalue weighted by atomic mass is 10.0. The second-order valence-corrected chi connectivity index (χ2v) is 5.29. The summed E-state index contributed by atoms with van der Waals surface area (Å²) in [5.74, 6) is 0.992. The van der Waals surface area contributed by atoms with E-state index in [0.29, 0.717) is 23.8 Å². The van der Waals surface area contributed by atoms with Crippen LogP contribution in [0.1, 0.15) is 36.9 Å². The van der Waals surface area contributed by atoms with Gasteiger partial charge in [-0.25, -0.2) is 4.39 Å². The highest BCUT2D eigenvalue weighted by atomic mass is 19.1. The second kappa shape index (κ2) is 6.35. The molecule has 1 aliphatic heterocycles. The summed E-state index contributed by atoms with van der Waals surface area (Å²) >= 11 is 0. The maximum atomic E-state index is 13.6. The summed E-state index contributed by atoms with van der Waals surface area (Å²) in [5.41, 5.74) is 7.20. The molecule has 1 aromatic rings. The highest BCUT2D eigenvalue weighted by molar-refractivity contribution is 5.39. The highest BCUT2D eigenvalue weighted by Gasteiger charge is 2.17. The lowest BCUT2D eigenvalue weighted by molar-refractivity contribution is 0.0495. The van der Waals surface area contributed by atoms with Gasteiger partial charge in [-0.15, -0.1) is 0 Å². The Morgan fingerprint density at radius 1 is 1.42 bits per heavy atom. The zero-order chi connectivity index (χ0) is 13.8. The Labute approximate surface area is 113 Å². The molecule has 1 aliphatic rings. The zero-order valence-electron chi connectivity index (χ0n) is 11.6. The van der Waals surface area contributed by atoms with E-state index in [1.165, 1.54) is 6.07 Å². The number of rotatable bonds is 4. The molecule has 0 radical (unpaired) electrons. The quantitative estimate of drug-likeness (QED) is 0.912. The van der Waals surface area contributed by atoms with Gasteiger partial charge in [0, 0.05) is 24.8 Å². The first-order valence-electron chi connectivity index (χ1n) is 6.84. The number of aryl methyl sites for hydroxylation is 1. The van der Waals surface area contributed by atoms with Crippen LogP contribution in [0.3, 0.4) is 0 Å². The van der Waals surface area contributed by atoms with Gasteiger partial charge in [-0.1, -0.05) is 0 Å². The van der Waals surface area contributed by atoms with Gasteiger partial charge in [-0.05, 0) is 50.3 Å². The smallest absolute Gasteiger partial charge is 0.126 e. The third-order valence-corrected chi connectivity index (χ3v) is 3.60. The van der Waals surface area contributed by atoms with E-state index in [1.54, 1.807) is 13.0 Å². The predicted octanol–water partition coefficient (Wildman–Crippen LogP) is 2.96. The van der Waals surface area contributed by atoms with E-state index in [4.69, 9.17) is 15.2 Å². The van der Waals surface area contributed by atoms with Gasteiger partial charge in [-0.3, -0.25) is 0 Å². The number of benzene rings is 1. The van der Waals surface area contributed by atoms with Crippen LogP contribution in [0.4, 0.5) is 4.39 Å². The van der Waals surface area contributed by atoms with Gasteiger partial charge >= 0.3 is 0 Å². The lowest BCUT2D eigenvalue weighted by Gasteiger charge is -2.23. The third kappa shape index (κ3) is 3.67. The molecular weight excluding hydrogens is 245 g/mol. The molecule has 1 aromatic carbocycles. The number of hydrogen-bond acceptors (Lipinski definition) is 3. The van der Waals surface area contributed by atoms with Crippen molar-refractivity contribution >= 4 is 0 Å². The average molecular weight is 267 g/mol. The fraction of sp³-hybridized carbons (Fsp3) is 0.600. The lowest BCUT2D eigenvalue weighted by Crippen LogP contribution is -2.22. The van der Waals surface area contributed by atoms with Crippen LogP contribution in [0.15, 0.2) is 12.1 Å². The number of hydrogen-bond donors (Lipinski definition) is 1. The zero-order valence-corrected chi connectivity index (χ0v) is 11.6. The van der Waals surface area contributed by atoms with Crippen LogP contribution in [0.25, 0.3) is 0 Å². The van der Waals surface area contributed by atoms with E-state index in [1.807, 2.05) is 6.92 Å². The van der Waals surface area contributed by atoms with Gasteiger partial charge in [-0.2, -0.15) is 0 Å². The average Bonchev–Trinajstić information content (AvgIpc) is 2.40. The monoisotopic (exact) mass is 267 g/mol.